The maximum Gasteiger partial charge on any atom is 0.314 e. The molecular formula is C27H24F2N8O2. The van der Waals surface area contributed by atoms with Gasteiger partial charge in [-0.05, 0) is 43.2 Å². The van der Waals surface area contributed by atoms with Crippen LogP contribution in [0.25, 0.3) is 17.1 Å². The fraction of sp³-hybridized carbons (Fsp3) is 0.259. The quantitative estimate of drug-likeness (QED) is 0.302. The van der Waals surface area contributed by atoms with E-state index in [0.29, 0.717) is 48.8 Å². The number of hydrogen-bond acceptors (Lipinski definition) is 8. The van der Waals surface area contributed by atoms with Crippen LogP contribution in [-0.2, 0) is 11.3 Å². The molecule has 12 heteroatoms. The van der Waals surface area contributed by atoms with Crippen LogP contribution >= 0.6 is 0 Å². The molecule has 0 saturated carbocycles. The molecule has 5 aromatic rings. The molecular weight excluding hydrogens is 506 g/mol. The summed E-state index contributed by atoms with van der Waals surface area (Å²) in [5.41, 5.74) is 2.51. The van der Waals surface area contributed by atoms with Crippen molar-refractivity contribution in [2.45, 2.75) is 25.8 Å². The first-order valence-corrected chi connectivity index (χ1v) is 12.5. The summed E-state index contributed by atoms with van der Waals surface area (Å²) >= 11 is 0. The van der Waals surface area contributed by atoms with Crippen molar-refractivity contribution in [2.24, 2.45) is 5.92 Å². The Morgan fingerprint density at radius 1 is 1.05 bits per heavy atom. The maximum atomic E-state index is 13.8. The number of rotatable bonds is 7. The fourth-order valence-corrected chi connectivity index (χ4v) is 4.75. The molecule has 1 amide bonds. The summed E-state index contributed by atoms with van der Waals surface area (Å²) in [6, 6.07) is 14.7. The molecule has 1 aliphatic rings. The first-order valence-electron chi connectivity index (χ1n) is 12.5. The smallest absolute Gasteiger partial charge is 0.314 e. The van der Waals surface area contributed by atoms with Gasteiger partial charge in [0, 0.05) is 55.0 Å². The van der Waals surface area contributed by atoms with Crippen LogP contribution in [0.15, 0.2) is 77.7 Å². The third kappa shape index (κ3) is 5.17. The van der Waals surface area contributed by atoms with Gasteiger partial charge in [-0.15, -0.1) is 10.2 Å². The van der Waals surface area contributed by atoms with Gasteiger partial charge < -0.3 is 18.6 Å². The summed E-state index contributed by atoms with van der Waals surface area (Å²) in [5, 5.41) is 7.10. The van der Waals surface area contributed by atoms with E-state index in [1.165, 1.54) is 0 Å². The zero-order valence-electron chi connectivity index (χ0n) is 20.8. The predicted molar refractivity (Wildman–Crippen MR) is 138 cm³/mol. The van der Waals surface area contributed by atoms with Gasteiger partial charge in [-0.1, -0.05) is 18.2 Å². The maximum absolute atomic E-state index is 13.8. The Morgan fingerprint density at radius 2 is 1.82 bits per heavy atom. The van der Waals surface area contributed by atoms with Crippen LogP contribution in [0.4, 0.5) is 20.4 Å². The Labute approximate surface area is 222 Å². The average molecular weight is 531 g/mol. The number of amides is 1. The lowest BCUT2D eigenvalue weighted by atomic mass is 9.95. The predicted octanol–water partition coefficient (Wildman–Crippen LogP) is 4.56. The molecule has 0 aliphatic carbocycles. The van der Waals surface area contributed by atoms with E-state index in [2.05, 4.69) is 25.1 Å². The van der Waals surface area contributed by atoms with Crippen LogP contribution in [0.5, 0.6) is 0 Å². The Hall–Kier alpha value is -4.74. The molecule has 0 unspecified atom stereocenters. The second-order valence-electron chi connectivity index (χ2n) is 9.23. The lowest BCUT2D eigenvalue weighted by Gasteiger charge is -2.34. The van der Waals surface area contributed by atoms with Crippen LogP contribution in [0.3, 0.4) is 0 Å². The number of alkyl halides is 2. The van der Waals surface area contributed by atoms with E-state index in [0.717, 1.165) is 5.69 Å². The van der Waals surface area contributed by atoms with E-state index in [-0.39, 0.29) is 24.3 Å². The van der Waals surface area contributed by atoms with Gasteiger partial charge in [-0.2, -0.15) is 8.78 Å². The number of piperidine rings is 1. The summed E-state index contributed by atoms with van der Waals surface area (Å²) in [6.07, 6.45) is 5.57. The minimum Gasteiger partial charge on any atom is -0.415 e. The highest BCUT2D eigenvalue weighted by Gasteiger charge is 2.30. The number of carbonyl (C=O) groups is 1. The SMILES string of the molecule is O=C(C1CCN(c2ncccn2)CC1)N(Cc1cn2ccc(-c3nnc(C(F)F)o3)cc2n1)c1ccccc1. The van der Waals surface area contributed by atoms with Gasteiger partial charge in [-0.25, -0.2) is 15.0 Å². The van der Waals surface area contributed by atoms with Crippen molar-refractivity contribution >= 4 is 23.2 Å². The van der Waals surface area contributed by atoms with Crippen LogP contribution < -0.4 is 9.80 Å². The van der Waals surface area contributed by atoms with E-state index in [1.807, 2.05) is 36.5 Å². The Kier molecular flexibility index (Phi) is 6.66. The second-order valence-corrected chi connectivity index (χ2v) is 9.23. The van der Waals surface area contributed by atoms with Gasteiger partial charge >= 0.3 is 6.43 Å². The number of anilines is 2. The molecule has 5 heterocycles. The molecule has 39 heavy (non-hydrogen) atoms. The number of aromatic nitrogens is 6. The summed E-state index contributed by atoms with van der Waals surface area (Å²) in [6.45, 7) is 1.67. The molecule has 0 radical (unpaired) electrons. The molecule has 0 bridgehead atoms. The molecule has 1 saturated heterocycles. The third-order valence-electron chi connectivity index (χ3n) is 6.72. The highest BCUT2D eigenvalue weighted by Crippen LogP contribution is 2.27. The standard InChI is InChI=1S/C27H24F2N8O2/c28-23(29)25-34-33-24(39-25)19-9-14-36-16-20(32-22(36)15-19)17-37(21-5-2-1-3-6-21)26(38)18-7-12-35(13-8-18)27-30-10-4-11-31-27/h1-6,9-11,14-16,18,23H,7-8,12-13,17H2. The second kappa shape index (κ2) is 10.6. The summed E-state index contributed by atoms with van der Waals surface area (Å²) in [4.78, 5) is 31.0. The third-order valence-corrected chi connectivity index (χ3v) is 6.72. The fourth-order valence-electron chi connectivity index (χ4n) is 4.75. The van der Waals surface area contributed by atoms with Gasteiger partial charge in [0.15, 0.2) is 0 Å². The van der Waals surface area contributed by atoms with Gasteiger partial charge in [0.05, 0.1) is 12.2 Å². The lowest BCUT2D eigenvalue weighted by Crippen LogP contribution is -2.43. The van der Waals surface area contributed by atoms with E-state index in [4.69, 9.17) is 9.40 Å². The Balaban J connectivity index is 1.22. The number of carbonyl (C=O) groups excluding carboxylic acids is 1. The highest BCUT2D eigenvalue weighted by atomic mass is 19.3. The van der Waals surface area contributed by atoms with Crippen LogP contribution in [0, 0.1) is 5.92 Å². The average Bonchev–Trinajstić information content (AvgIpc) is 3.64. The van der Waals surface area contributed by atoms with E-state index < -0.39 is 12.3 Å². The van der Waals surface area contributed by atoms with E-state index >= 15 is 0 Å². The molecule has 1 aliphatic heterocycles. The van der Waals surface area contributed by atoms with Crippen LogP contribution in [-0.4, -0.2) is 48.5 Å². The van der Waals surface area contributed by atoms with Crippen molar-refractivity contribution in [3.8, 4) is 11.5 Å². The summed E-state index contributed by atoms with van der Waals surface area (Å²) in [7, 11) is 0. The largest absolute Gasteiger partial charge is 0.415 e. The van der Waals surface area contributed by atoms with Gasteiger partial charge in [0.1, 0.15) is 5.65 Å². The normalized spacial score (nSPS) is 14.3. The molecule has 1 aromatic carbocycles. The van der Waals surface area contributed by atoms with Crippen molar-refractivity contribution < 1.29 is 18.0 Å². The number of hydrogen-bond donors (Lipinski definition) is 0. The van der Waals surface area contributed by atoms with Crippen molar-refractivity contribution in [2.75, 3.05) is 22.9 Å². The van der Waals surface area contributed by atoms with Crippen LogP contribution in [0.1, 0.15) is 30.9 Å². The van der Waals surface area contributed by atoms with Gasteiger partial charge in [0.2, 0.25) is 17.7 Å². The molecule has 0 N–H and O–H groups in total. The topological polar surface area (TPSA) is 106 Å². The Morgan fingerprint density at radius 3 is 2.54 bits per heavy atom. The number of nitrogens with zero attached hydrogens (tertiary/aromatic N) is 8. The number of pyridine rings is 1. The molecule has 10 nitrogen and oxygen atoms in total. The Bertz CT molecular complexity index is 1570. The molecule has 0 spiro atoms. The highest BCUT2D eigenvalue weighted by molar-refractivity contribution is 5.95. The zero-order valence-corrected chi connectivity index (χ0v) is 20.8. The van der Waals surface area contributed by atoms with Crippen molar-refractivity contribution in [3.05, 3.63) is 84.9 Å². The minimum atomic E-state index is -2.84. The van der Waals surface area contributed by atoms with Crippen molar-refractivity contribution in [3.63, 3.8) is 0 Å². The van der Waals surface area contributed by atoms with Gasteiger partial charge in [-0.3, -0.25) is 4.79 Å². The van der Waals surface area contributed by atoms with Crippen molar-refractivity contribution in [1.82, 2.24) is 29.5 Å². The molecule has 198 valence electrons. The van der Waals surface area contributed by atoms with Crippen LogP contribution in [0.2, 0.25) is 0 Å². The van der Waals surface area contributed by atoms with E-state index in [1.54, 1.807) is 46.1 Å². The first kappa shape index (κ1) is 24.6. The minimum absolute atomic E-state index is 0.00863. The molecule has 0 atom stereocenters. The number of imidazole rings is 1. The summed E-state index contributed by atoms with van der Waals surface area (Å²) in [5.74, 6) is -0.162. The van der Waals surface area contributed by atoms with Crippen molar-refractivity contribution in [1.29, 1.82) is 0 Å². The number of benzene rings is 1. The number of para-hydroxylation sites is 1. The monoisotopic (exact) mass is 530 g/mol. The number of fused-ring (bicyclic) bond motifs is 1. The lowest BCUT2D eigenvalue weighted by molar-refractivity contribution is -0.123. The van der Waals surface area contributed by atoms with E-state index in [9.17, 15) is 13.6 Å². The van der Waals surface area contributed by atoms with Gasteiger partial charge in [0.25, 0.3) is 5.89 Å². The molecule has 1 fully saturated rings. The molecule has 4 aromatic heterocycles. The number of halogens is 2. The molecule has 6 rings (SSSR count). The zero-order chi connectivity index (χ0) is 26.8. The first-order chi connectivity index (χ1) is 19.0. The summed E-state index contributed by atoms with van der Waals surface area (Å²) < 4.78 is 32.6.